The van der Waals surface area contributed by atoms with Crippen molar-refractivity contribution in [2.75, 3.05) is 19.0 Å². The molecule has 2 amide bonds. The second-order valence-corrected chi connectivity index (χ2v) is 5.73. The molecule has 1 aliphatic carbocycles. The predicted molar refractivity (Wildman–Crippen MR) is 86.2 cm³/mol. The van der Waals surface area contributed by atoms with Crippen LogP contribution in [0.2, 0.25) is 0 Å². The molecule has 0 aromatic heterocycles. The van der Waals surface area contributed by atoms with Crippen molar-refractivity contribution < 1.29 is 19.1 Å². The largest absolute Gasteiger partial charge is 0.493 e. The second-order valence-electron chi connectivity index (χ2n) is 5.73. The Morgan fingerprint density at radius 2 is 2.09 bits per heavy atom. The summed E-state index contributed by atoms with van der Waals surface area (Å²) in [7, 11) is 1.49. The number of rotatable bonds is 6. The van der Waals surface area contributed by atoms with E-state index in [0.29, 0.717) is 23.6 Å². The number of hydrogen-bond donors (Lipinski definition) is 3. The molecule has 1 aliphatic rings. The lowest BCUT2D eigenvalue weighted by Crippen LogP contribution is -2.34. The molecule has 0 heterocycles. The van der Waals surface area contributed by atoms with Crippen molar-refractivity contribution in [3.8, 4) is 11.5 Å². The van der Waals surface area contributed by atoms with E-state index in [1.54, 1.807) is 18.2 Å². The van der Waals surface area contributed by atoms with Crippen LogP contribution in [0.15, 0.2) is 18.2 Å². The number of hydrogen-bond acceptors (Lipinski definition) is 5. The Bertz CT molecular complexity index is 576. The highest BCUT2D eigenvalue weighted by Crippen LogP contribution is 2.31. The van der Waals surface area contributed by atoms with Gasteiger partial charge in [0.2, 0.25) is 5.91 Å². The molecular formula is C16H23N3O4. The van der Waals surface area contributed by atoms with Gasteiger partial charge in [-0.15, -0.1) is 0 Å². The van der Waals surface area contributed by atoms with Crippen LogP contribution in [0.5, 0.6) is 11.5 Å². The summed E-state index contributed by atoms with van der Waals surface area (Å²) >= 11 is 0. The molecule has 1 fully saturated rings. The van der Waals surface area contributed by atoms with Gasteiger partial charge in [0.05, 0.1) is 7.11 Å². The maximum absolute atomic E-state index is 12.3. The quantitative estimate of drug-likeness (QED) is 0.723. The van der Waals surface area contributed by atoms with Gasteiger partial charge in [-0.2, -0.15) is 0 Å². The zero-order valence-electron chi connectivity index (χ0n) is 13.2. The third-order valence-corrected chi connectivity index (χ3v) is 3.89. The van der Waals surface area contributed by atoms with E-state index in [2.05, 4.69) is 5.32 Å². The van der Waals surface area contributed by atoms with Gasteiger partial charge >= 0.3 is 0 Å². The average molecular weight is 321 g/mol. The summed E-state index contributed by atoms with van der Waals surface area (Å²) in [5.41, 5.74) is 11.6. The normalized spacial score (nSPS) is 20.6. The highest BCUT2D eigenvalue weighted by atomic mass is 16.5. The summed E-state index contributed by atoms with van der Waals surface area (Å²) in [6.07, 6.45) is 3.49. The van der Waals surface area contributed by atoms with Crippen LogP contribution in [0.4, 0.5) is 5.69 Å². The number of carbonyl (C=O) groups excluding carboxylic acids is 2. The van der Waals surface area contributed by atoms with Crippen molar-refractivity contribution in [3.05, 3.63) is 18.2 Å². The molecule has 0 bridgehead atoms. The Hall–Kier alpha value is -2.28. The summed E-state index contributed by atoms with van der Waals surface area (Å²) in [5.74, 6) is 0.105. The molecule has 2 unspecified atom stereocenters. The summed E-state index contributed by atoms with van der Waals surface area (Å²) in [6.45, 7) is -0.259. The first kappa shape index (κ1) is 17.1. The Morgan fingerprint density at radius 3 is 2.74 bits per heavy atom. The third-order valence-electron chi connectivity index (χ3n) is 3.89. The monoisotopic (exact) mass is 321 g/mol. The molecule has 0 aliphatic heterocycles. The number of benzene rings is 1. The van der Waals surface area contributed by atoms with E-state index >= 15 is 0 Å². The molecule has 1 saturated carbocycles. The van der Waals surface area contributed by atoms with E-state index < -0.39 is 5.91 Å². The second kappa shape index (κ2) is 7.82. The summed E-state index contributed by atoms with van der Waals surface area (Å²) in [6, 6.07) is 5.09. The molecule has 7 nitrogen and oxygen atoms in total. The highest BCUT2D eigenvalue weighted by molar-refractivity contribution is 5.93. The zero-order valence-corrected chi connectivity index (χ0v) is 13.2. The topological polar surface area (TPSA) is 117 Å². The van der Waals surface area contributed by atoms with Gasteiger partial charge < -0.3 is 26.3 Å². The lowest BCUT2D eigenvalue weighted by molar-refractivity contribution is -0.121. The minimum atomic E-state index is -0.585. The van der Waals surface area contributed by atoms with Gasteiger partial charge in [0.1, 0.15) is 0 Å². The molecule has 126 valence electrons. The Kier molecular flexibility index (Phi) is 5.81. The molecule has 2 rings (SSSR count). The van der Waals surface area contributed by atoms with Crippen LogP contribution < -0.4 is 26.3 Å². The first-order chi connectivity index (χ1) is 11.0. The van der Waals surface area contributed by atoms with Crippen LogP contribution >= 0.6 is 0 Å². The van der Waals surface area contributed by atoms with Gasteiger partial charge in [-0.05, 0) is 31.4 Å². The standard InChI is InChI=1S/C16H23N3O4/c1-22-13-6-5-12(8-14(13)23-9-15(18)20)19-16(21)10-3-2-4-11(17)7-10/h5-6,8,10-11H,2-4,7,9,17H2,1H3,(H2,18,20)(H,19,21). The van der Waals surface area contributed by atoms with Crippen LogP contribution in [0.1, 0.15) is 25.7 Å². The van der Waals surface area contributed by atoms with Gasteiger partial charge in [0.15, 0.2) is 18.1 Å². The third kappa shape index (κ3) is 4.85. The number of ether oxygens (including phenoxy) is 2. The van der Waals surface area contributed by atoms with Gasteiger partial charge in [0.25, 0.3) is 5.91 Å². The van der Waals surface area contributed by atoms with E-state index in [9.17, 15) is 9.59 Å². The molecule has 2 atom stereocenters. The number of primary amides is 1. The van der Waals surface area contributed by atoms with Crippen molar-refractivity contribution in [1.82, 2.24) is 0 Å². The van der Waals surface area contributed by atoms with E-state index in [1.165, 1.54) is 7.11 Å². The number of nitrogens with one attached hydrogen (secondary N) is 1. The fourth-order valence-corrected chi connectivity index (χ4v) is 2.73. The van der Waals surface area contributed by atoms with E-state index in [-0.39, 0.29) is 24.5 Å². The number of nitrogens with two attached hydrogens (primary N) is 2. The lowest BCUT2D eigenvalue weighted by Gasteiger charge is -2.25. The lowest BCUT2D eigenvalue weighted by atomic mass is 9.85. The SMILES string of the molecule is COc1ccc(NC(=O)C2CCCC(N)C2)cc1OCC(N)=O. The fraction of sp³-hybridized carbons (Fsp3) is 0.500. The van der Waals surface area contributed by atoms with Gasteiger partial charge in [-0.1, -0.05) is 6.42 Å². The summed E-state index contributed by atoms with van der Waals surface area (Å²) in [4.78, 5) is 23.2. The number of methoxy groups -OCH3 is 1. The van der Waals surface area contributed by atoms with Crippen LogP contribution in [0.3, 0.4) is 0 Å². The maximum atomic E-state index is 12.3. The summed E-state index contributed by atoms with van der Waals surface area (Å²) in [5, 5.41) is 2.87. The van der Waals surface area contributed by atoms with Crippen molar-refractivity contribution >= 4 is 17.5 Å². The summed E-state index contributed by atoms with van der Waals surface area (Å²) < 4.78 is 10.5. The van der Waals surface area contributed by atoms with Crippen molar-refractivity contribution in [3.63, 3.8) is 0 Å². The molecule has 5 N–H and O–H groups in total. The van der Waals surface area contributed by atoms with Gasteiger partial charge in [-0.3, -0.25) is 9.59 Å². The van der Waals surface area contributed by atoms with Crippen LogP contribution in [0, 0.1) is 5.92 Å². The van der Waals surface area contributed by atoms with E-state index in [0.717, 1.165) is 19.3 Å². The molecule has 1 aromatic carbocycles. The van der Waals surface area contributed by atoms with Crippen LogP contribution in [-0.4, -0.2) is 31.6 Å². The Labute approximate surface area is 135 Å². The Morgan fingerprint density at radius 1 is 1.30 bits per heavy atom. The molecular weight excluding hydrogens is 298 g/mol. The van der Waals surface area contributed by atoms with Crippen LogP contribution in [0.25, 0.3) is 0 Å². The van der Waals surface area contributed by atoms with Gasteiger partial charge in [-0.25, -0.2) is 0 Å². The minimum Gasteiger partial charge on any atom is -0.493 e. The van der Waals surface area contributed by atoms with Crippen molar-refractivity contribution in [2.45, 2.75) is 31.7 Å². The Balaban J connectivity index is 2.05. The maximum Gasteiger partial charge on any atom is 0.255 e. The molecule has 0 spiro atoms. The molecule has 23 heavy (non-hydrogen) atoms. The predicted octanol–water partition coefficient (Wildman–Crippen LogP) is 1.02. The van der Waals surface area contributed by atoms with Crippen LogP contribution in [-0.2, 0) is 9.59 Å². The molecule has 0 saturated heterocycles. The van der Waals surface area contributed by atoms with Crippen molar-refractivity contribution in [1.29, 1.82) is 0 Å². The zero-order chi connectivity index (χ0) is 16.8. The number of amides is 2. The van der Waals surface area contributed by atoms with Crippen molar-refractivity contribution in [2.24, 2.45) is 17.4 Å². The first-order valence-electron chi connectivity index (χ1n) is 7.65. The number of anilines is 1. The van der Waals surface area contributed by atoms with E-state index in [1.807, 2.05) is 0 Å². The number of carbonyl (C=O) groups is 2. The van der Waals surface area contributed by atoms with E-state index in [4.69, 9.17) is 20.9 Å². The minimum absolute atomic E-state index is 0.0498. The smallest absolute Gasteiger partial charge is 0.255 e. The molecule has 1 aromatic rings. The first-order valence-corrected chi connectivity index (χ1v) is 7.65. The van der Waals surface area contributed by atoms with Gasteiger partial charge in [0, 0.05) is 23.7 Å². The molecule has 7 heteroatoms. The average Bonchev–Trinajstić information content (AvgIpc) is 2.53. The molecule has 0 radical (unpaired) electrons. The fourth-order valence-electron chi connectivity index (χ4n) is 2.73. The highest BCUT2D eigenvalue weighted by Gasteiger charge is 2.25.